The van der Waals surface area contributed by atoms with Crippen LogP contribution in [-0.4, -0.2) is 15.7 Å². The third-order valence-electron chi connectivity index (χ3n) is 3.23. The van der Waals surface area contributed by atoms with Crippen molar-refractivity contribution < 1.29 is 0 Å². The maximum Gasteiger partial charge on any atom is 0.243 e. The molecule has 1 heterocycles. The molecule has 2 aromatic rings. The van der Waals surface area contributed by atoms with Gasteiger partial charge in [-0.3, -0.25) is 0 Å². The summed E-state index contributed by atoms with van der Waals surface area (Å²) < 4.78 is 0. The van der Waals surface area contributed by atoms with Crippen molar-refractivity contribution >= 4 is 11.7 Å². The normalized spacial score (nSPS) is 11.6. The van der Waals surface area contributed by atoms with E-state index in [1.165, 1.54) is 11.1 Å². The Morgan fingerprint density at radius 3 is 2.20 bits per heavy atom. The molecule has 0 saturated heterocycles. The van der Waals surface area contributed by atoms with Crippen molar-refractivity contribution in [3.63, 3.8) is 0 Å². The number of hydrogen-bond acceptors (Lipinski definition) is 4. The SMILES string of the molecule is C/C(=N\Nc1nc(C)cc(C)n1)c1ccc(C)c(C)c1. The largest absolute Gasteiger partial charge is 0.245 e. The monoisotopic (exact) mass is 268 g/mol. The predicted octanol–water partition coefficient (Wildman–Crippen LogP) is 3.55. The van der Waals surface area contributed by atoms with Gasteiger partial charge >= 0.3 is 0 Å². The number of rotatable bonds is 3. The van der Waals surface area contributed by atoms with Crippen LogP contribution in [0.2, 0.25) is 0 Å². The van der Waals surface area contributed by atoms with Gasteiger partial charge in [-0.15, -0.1) is 0 Å². The summed E-state index contributed by atoms with van der Waals surface area (Å²) in [6.07, 6.45) is 0. The average molecular weight is 268 g/mol. The molecule has 1 aromatic carbocycles. The summed E-state index contributed by atoms with van der Waals surface area (Å²) in [4.78, 5) is 8.60. The van der Waals surface area contributed by atoms with Crippen molar-refractivity contribution in [3.05, 3.63) is 52.3 Å². The van der Waals surface area contributed by atoms with Crippen LogP contribution in [0, 0.1) is 27.7 Å². The molecule has 0 unspecified atom stereocenters. The summed E-state index contributed by atoms with van der Waals surface area (Å²) in [5.74, 6) is 0.533. The third-order valence-corrected chi connectivity index (χ3v) is 3.23. The van der Waals surface area contributed by atoms with Crippen LogP contribution in [-0.2, 0) is 0 Å². The van der Waals surface area contributed by atoms with Crippen LogP contribution in [0.5, 0.6) is 0 Å². The summed E-state index contributed by atoms with van der Waals surface area (Å²) in [6, 6.07) is 8.26. The Labute approximate surface area is 120 Å². The summed E-state index contributed by atoms with van der Waals surface area (Å²) in [5, 5.41) is 4.36. The number of benzene rings is 1. The average Bonchev–Trinajstić information content (AvgIpc) is 2.38. The highest BCUT2D eigenvalue weighted by Crippen LogP contribution is 2.11. The maximum absolute atomic E-state index is 4.36. The zero-order valence-electron chi connectivity index (χ0n) is 12.7. The summed E-state index contributed by atoms with van der Waals surface area (Å²) in [7, 11) is 0. The van der Waals surface area contributed by atoms with Crippen LogP contribution in [0.3, 0.4) is 0 Å². The van der Waals surface area contributed by atoms with E-state index in [9.17, 15) is 0 Å². The molecular formula is C16H20N4. The van der Waals surface area contributed by atoms with E-state index in [1.54, 1.807) is 0 Å². The number of nitrogens with zero attached hydrogens (tertiary/aromatic N) is 3. The first-order valence-corrected chi connectivity index (χ1v) is 6.66. The molecule has 0 aliphatic rings. The molecular weight excluding hydrogens is 248 g/mol. The van der Waals surface area contributed by atoms with Crippen molar-refractivity contribution in [1.29, 1.82) is 0 Å². The van der Waals surface area contributed by atoms with Gasteiger partial charge in [-0.25, -0.2) is 15.4 Å². The van der Waals surface area contributed by atoms with E-state index >= 15 is 0 Å². The van der Waals surface area contributed by atoms with Crippen LogP contribution < -0.4 is 5.43 Å². The number of hydrazone groups is 1. The minimum Gasteiger partial charge on any atom is -0.245 e. The van der Waals surface area contributed by atoms with Gasteiger partial charge in [0.1, 0.15) is 0 Å². The van der Waals surface area contributed by atoms with Gasteiger partial charge in [0.25, 0.3) is 0 Å². The molecule has 0 aliphatic heterocycles. The van der Waals surface area contributed by atoms with E-state index < -0.39 is 0 Å². The fraction of sp³-hybridized carbons (Fsp3) is 0.312. The van der Waals surface area contributed by atoms with Crippen LogP contribution in [0.4, 0.5) is 5.95 Å². The lowest BCUT2D eigenvalue weighted by Crippen LogP contribution is -2.04. The highest BCUT2D eigenvalue weighted by Gasteiger charge is 2.01. The molecule has 0 atom stereocenters. The highest BCUT2D eigenvalue weighted by molar-refractivity contribution is 5.99. The first kappa shape index (κ1) is 14.2. The van der Waals surface area contributed by atoms with Gasteiger partial charge in [0, 0.05) is 11.4 Å². The van der Waals surface area contributed by atoms with Crippen molar-refractivity contribution in [3.8, 4) is 0 Å². The number of aryl methyl sites for hydroxylation is 4. The van der Waals surface area contributed by atoms with E-state index in [1.807, 2.05) is 26.8 Å². The number of anilines is 1. The second-order valence-corrected chi connectivity index (χ2v) is 5.08. The summed E-state index contributed by atoms with van der Waals surface area (Å²) in [6.45, 7) is 10.1. The Bertz CT molecular complexity index is 639. The number of nitrogens with one attached hydrogen (secondary N) is 1. The Hall–Kier alpha value is -2.23. The molecule has 1 aromatic heterocycles. The molecule has 4 heteroatoms. The van der Waals surface area contributed by atoms with E-state index in [2.05, 4.69) is 52.5 Å². The second-order valence-electron chi connectivity index (χ2n) is 5.08. The van der Waals surface area contributed by atoms with Gasteiger partial charge in [-0.05, 0) is 63.4 Å². The maximum atomic E-state index is 4.36. The van der Waals surface area contributed by atoms with Gasteiger partial charge < -0.3 is 0 Å². The van der Waals surface area contributed by atoms with Crippen molar-refractivity contribution in [2.75, 3.05) is 5.43 Å². The van der Waals surface area contributed by atoms with E-state index in [4.69, 9.17) is 0 Å². The molecule has 0 radical (unpaired) electrons. The van der Waals surface area contributed by atoms with Crippen LogP contribution in [0.25, 0.3) is 0 Å². The lowest BCUT2D eigenvalue weighted by Gasteiger charge is -2.06. The lowest BCUT2D eigenvalue weighted by atomic mass is 10.0. The minimum atomic E-state index is 0.533. The third kappa shape index (κ3) is 3.41. The van der Waals surface area contributed by atoms with Gasteiger partial charge in [0.05, 0.1) is 5.71 Å². The van der Waals surface area contributed by atoms with Crippen molar-refractivity contribution in [2.45, 2.75) is 34.6 Å². The highest BCUT2D eigenvalue weighted by atomic mass is 15.4. The lowest BCUT2D eigenvalue weighted by molar-refractivity contribution is 1.03. The fourth-order valence-electron chi connectivity index (χ4n) is 1.94. The zero-order chi connectivity index (χ0) is 14.7. The first-order valence-electron chi connectivity index (χ1n) is 6.66. The first-order chi connectivity index (χ1) is 9.45. The van der Waals surface area contributed by atoms with Crippen molar-refractivity contribution in [2.24, 2.45) is 5.10 Å². The van der Waals surface area contributed by atoms with Crippen LogP contribution >= 0.6 is 0 Å². The molecule has 0 fully saturated rings. The Balaban J connectivity index is 2.19. The molecule has 0 aliphatic carbocycles. The second kappa shape index (κ2) is 5.82. The fourth-order valence-corrected chi connectivity index (χ4v) is 1.94. The minimum absolute atomic E-state index is 0.533. The summed E-state index contributed by atoms with van der Waals surface area (Å²) >= 11 is 0. The van der Waals surface area contributed by atoms with E-state index in [-0.39, 0.29) is 0 Å². The molecule has 0 bridgehead atoms. The quantitative estimate of drug-likeness (QED) is 0.684. The van der Waals surface area contributed by atoms with Gasteiger partial charge in [-0.1, -0.05) is 12.1 Å². The Kier molecular flexibility index (Phi) is 4.13. The van der Waals surface area contributed by atoms with E-state index in [0.717, 1.165) is 22.7 Å². The molecule has 0 spiro atoms. The molecule has 0 saturated carbocycles. The van der Waals surface area contributed by atoms with E-state index in [0.29, 0.717) is 5.95 Å². The smallest absolute Gasteiger partial charge is 0.243 e. The van der Waals surface area contributed by atoms with Gasteiger partial charge in [-0.2, -0.15) is 5.10 Å². The number of aromatic nitrogens is 2. The zero-order valence-corrected chi connectivity index (χ0v) is 12.7. The van der Waals surface area contributed by atoms with Crippen LogP contribution in [0.15, 0.2) is 29.4 Å². The molecule has 104 valence electrons. The van der Waals surface area contributed by atoms with Gasteiger partial charge in [0.15, 0.2) is 0 Å². The molecule has 0 amide bonds. The predicted molar refractivity (Wildman–Crippen MR) is 83.3 cm³/mol. The molecule has 4 nitrogen and oxygen atoms in total. The molecule has 20 heavy (non-hydrogen) atoms. The standard InChI is InChI=1S/C16H20N4/c1-10-6-7-15(8-11(10)2)14(5)19-20-16-17-12(3)9-13(4)18-16/h6-9H,1-5H3,(H,17,18,20)/b19-14+. The topological polar surface area (TPSA) is 50.2 Å². The molecule has 1 N–H and O–H groups in total. The van der Waals surface area contributed by atoms with Gasteiger partial charge in [0.2, 0.25) is 5.95 Å². The van der Waals surface area contributed by atoms with Crippen molar-refractivity contribution in [1.82, 2.24) is 9.97 Å². The van der Waals surface area contributed by atoms with Crippen LogP contribution in [0.1, 0.15) is 35.0 Å². The number of hydrogen-bond donors (Lipinski definition) is 1. The Morgan fingerprint density at radius 2 is 1.60 bits per heavy atom. The Morgan fingerprint density at radius 1 is 0.950 bits per heavy atom. The summed E-state index contributed by atoms with van der Waals surface area (Å²) in [5.41, 5.74) is 9.35. The molecule has 2 rings (SSSR count).